The minimum atomic E-state index is -0.983. The lowest BCUT2D eigenvalue weighted by atomic mass is 10.1. The van der Waals surface area contributed by atoms with E-state index in [9.17, 15) is 14.4 Å². The summed E-state index contributed by atoms with van der Waals surface area (Å²) in [6.45, 7) is 6.68. The third-order valence-electron chi connectivity index (χ3n) is 4.07. The van der Waals surface area contributed by atoms with E-state index in [1.165, 1.54) is 14.0 Å². The molecule has 0 saturated heterocycles. The summed E-state index contributed by atoms with van der Waals surface area (Å²) in [6.07, 6.45) is 0.647. The van der Waals surface area contributed by atoms with Crippen LogP contribution in [0.15, 0.2) is 18.3 Å². The van der Waals surface area contributed by atoms with E-state index in [1.54, 1.807) is 32.2 Å². The van der Waals surface area contributed by atoms with Crippen molar-refractivity contribution < 1.29 is 23.9 Å². The minimum absolute atomic E-state index is 0.0288. The standard InChI is InChI=1S/C19H22N2O5/c1-10-6-7-14(9-20-10)8-15(22)26-13(4)18(23)17-11(2)16(12(3)21-17)19(24)25-5/h6-7,9,13,21H,8H2,1-5H3. The van der Waals surface area contributed by atoms with E-state index >= 15 is 0 Å². The van der Waals surface area contributed by atoms with Gasteiger partial charge in [-0.2, -0.15) is 0 Å². The molecule has 0 aliphatic carbocycles. The Morgan fingerprint density at radius 2 is 1.88 bits per heavy atom. The number of aryl methyl sites for hydroxylation is 2. The molecule has 0 aliphatic heterocycles. The molecule has 0 spiro atoms. The smallest absolute Gasteiger partial charge is 0.339 e. The summed E-state index contributed by atoms with van der Waals surface area (Å²) in [5.41, 5.74) is 3.12. The Bertz CT molecular complexity index is 836. The summed E-state index contributed by atoms with van der Waals surface area (Å²) >= 11 is 0. The maximum absolute atomic E-state index is 12.6. The molecule has 2 aromatic rings. The summed E-state index contributed by atoms with van der Waals surface area (Å²) in [4.78, 5) is 43.5. The number of rotatable bonds is 6. The number of ether oxygens (including phenoxy) is 2. The van der Waals surface area contributed by atoms with Crippen molar-refractivity contribution in [2.24, 2.45) is 0 Å². The number of pyridine rings is 1. The van der Waals surface area contributed by atoms with Gasteiger partial charge in [-0.15, -0.1) is 0 Å². The van der Waals surface area contributed by atoms with Gasteiger partial charge in [0.25, 0.3) is 0 Å². The quantitative estimate of drug-likeness (QED) is 0.629. The molecule has 0 saturated carbocycles. The van der Waals surface area contributed by atoms with Crippen LogP contribution in [0.2, 0.25) is 0 Å². The Labute approximate surface area is 151 Å². The van der Waals surface area contributed by atoms with E-state index in [2.05, 4.69) is 9.97 Å². The van der Waals surface area contributed by atoms with Gasteiger partial charge >= 0.3 is 11.9 Å². The van der Waals surface area contributed by atoms with Gasteiger partial charge in [0.05, 0.1) is 24.8 Å². The van der Waals surface area contributed by atoms with Crippen molar-refractivity contribution in [3.05, 3.63) is 52.1 Å². The number of Topliss-reactive ketones (excluding diaryl/α,β-unsaturated/α-hetero) is 1. The molecular formula is C19H22N2O5. The third-order valence-corrected chi connectivity index (χ3v) is 4.07. The lowest BCUT2D eigenvalue weighted by molar-refractivity contribution is -0.145. The van der Waals surface area contributed by atoms with Crippen LogP contribution in [0.25, 0.3) is 0 Å². The summed E-state index contributed by atoms with van der Waals surface area (Å²) in [7, 11) is 1.28. The van der Waals surface area contributed by atoms with E-state index < -0.39 is 23.8 Å². The zero-order valence-electron chi connectivity index (χ0n) is 15.5. The molecule has 0 amide bonds. The van der Waals surface area contributed by atoms with Gasteiger partial charge in [-0.25, -0.2) is 4.79 Å². The summed E-state index contributed by atoms with van der Waals surface area (Å²) in [5.74, 6) is -1.45. The zero-order chi connectivity index (χ0) is 19.4. The highest BCUT2D eigenvalue weighted by molar-refractivity contribution is 6.04. The van der Waals surface area contributed by atoms with Gasteiger partial charge in [0.15, 0.2) is 6.10 Å². The van der Waals surface area contributed by atoms with Crippen molar-refractivity contribution in [2.75, 3.05) is 7.11 Å². The number of hydrogen-bond acceptors (Lipinski definition) is 6. The van der Waals surface area contributed by atoms with Gasteiger partial charge in [-0.3, -0.25) is 14.6 Å². The number of H-pyrrole nitrogens is 1. The maximum atomic E-state index is 12.6. The van der Waals surface area contributed by atoms with E-state index in [4.69, 9.17) is 9.47 Å². The first-order valence-corrected chi connectivity index (χ1v) is 8.17. The van der Waals surface area contributed by atoms with Crippen molar-refractivity contribution in [3.8, 4) is 0 Å². The van der Waals surface area contributed by atoms with Gasteiger partial charge in [0.1, 0.15) is 0 Å². The lowest BCUT2D eigenvalue weighted by Crippen LogP contribution is -2.26. The average Bonchev–Trinajstić information content (AvgIpc) is 2.90. The molecule has 0 radical (unpaired) electrons. The zero-order valence-corrected chi connectivity index (χ0v) is 15.5. The average molecular weight is 358 g/mol. The first-order valence-electron chi connectivity index (χ1n) is 8.17. The Kier molecular flexibility index (Phi) is 5.92. The number of ketones is 1. The molecule has 138 valence electrons. The summed E-state index contributed by atoms with van der Waals surface area (Å²) < 4.78 is 9.97. The molecule has 0 fully saturated rings. The number of aromatic amines is 1. The molecule has 26 heavy (non-hydrogen) atoms. The normalized spacial score (nSPS) is 11.7. The molecule has 0 bridgehead atoms. The van der Waals surface area contributed by atoms with Gasteiger partial charge in [0, 0.05) is 17.6 Å². The van der Waals surface area contributed by atoms with Crippen LogP contribution in [0, 0.1) is 20.8 Å². The number of hydrogen-bond donors (Lipinski definition) is 1. The predicted octanol–water partition coefficient (Wildman–Crippen LogP) is 2.48. The molecule has 1 N–H and O–H groups in total. The number of esters is 2. The van der Waals surface area contributed by atoms with Gasteiger partial charge < -0.3 is 14.5 Å². The van der Waals surface area contributed by atoms with Crippen LogP contribution in [0.4, 0.5) is 0 Å². The summed E-state index contributed by atoms with van der Waals surface area (Å²) in [6, 6.07) is 3.59. The Morgan fingerprint density at radius 1 is 1.19 bits per heavy atom. The molecule has 2 rings (SSSR count). The number of nitrogens with one attached hydrogen (secondary N) is 1. The largest absolute Gasteiger partial charge is 0.465 e. The van der Waals surface area contributed by atoms with Crippen molar-refractivity contribution in [1.82, 2.24) is 9.97 Å². The highest BCUT2D eigenvalue weighted by atomic mass is 16.5. The molecule has 2 heterocycles. The fraction of sp³-hybridized carbons (Fsp3) is 0.368. The minimum Gasteiger partial charge on any atom is -0.465 e. The molecular weight excluding hydrogens is 336 g/mol. The van der Waals surface area contributed by atoms with Crippen LogP contribution >= 0.6 is 0 Å². The fourth-order valence-corrected chi connectivity index (χ4v) is 2.67. The number of methoxy groups -OCH3 is 1. The van der Waals surface area contributed by atoms with Crippen LogP contribution in [0.5, 0.6) is 0 Å². The van der Waals surface area contributed by atoms with Crippen LogP contribution in [-0.4, -0.2) is 40.9 Å². The Hall–Kier alpha value is -2.96. The molecule has 7 heteroatoms. The maximum Gasteiger partial charge on any atom is 0.339 e. The van der Waals surface area contributed by atoms with Crippen molar-refractivity contribution >= 4 is 17.7 Å². The number of carbonyl (C=O) groups is 3. The molecule has 7 nitrogen and oxygen atoms in total. The second-order valence-electron chi connectivity index (χ2n) is 6.10. The molecule has 0 aromatic carbocycles. The monoisotopic (exact) mass is 358 g/mol. The Morgan fingerprint density at radius 3 is 2.46 bits per heavy atom. The fourth-order valence-electron chi connectivity index (χ4n) is 2.67. The Balaban J connectivity index is 2.08. The summed E-state index contributed by atoms with van der Waals surface area (Å²) in [5, 5.41) is 0. The number of nitrogens with zero attached hydrogens (tertiary/aromatic N) is 1. The van der Waals surface area contributed by atoms with Crippen LogP contribution in [0.1, 0.15) is 50.3 Å². The van der Waals surface area contributed by atoms with Crippen molar-refractivity contribution in [1.29, 1.82) is 0 Å². The van der Waals surface area contributed by atoms with E-state index in [-0.39, 0.29) is 12.1 Å². The SMILES string of the molecule is COC(=O)c1c(C)[nH]c(C(=O)C(C)OC(=O)Cc2ccc(C)nc2)c1C. The third kappa shape index (κ3) is 4.17. The first kappa shape index (κ1) is 19.4. The van der Waals surface area contributed by atoms with Crippen LogP contribution < -0.4 is 0 Å². The van der Waals surface area contributed by atoms with Crippen LogP contribution in [-0.2, 0) is 20.7 Å². The molecule has 0 aliphatic rings. The van der Waals surface area contributed by atoms with Gasteiger partial charge in [-0.05, 0) is 44.9 Å². The number of aromatic nitrogens is 2. The molecule has 1 atom stereocenters. The second kappa shape index (κ2) is 7.95. The highest BCUT2D eigenvalue weighted by Gasteiger charge is 2.27. The topological polar surface area (TPSA) is 98.4 Å². The first-order chi connectivity index (χ1) is 12.2. The predicted molar refractivity (Wildman–Crippen MR) is 94.2 cm³/mol. The van der Waals surface area contributed by atoms with E-state index in [0.29, 0.717) is 22.4 Å². The van der Waals surface area contributed by atoms with Crippen molar-refractivity contribution in [2.45, 2.75) is 40.2 Å². The van der Waals surface area contributed by atoms with Crippen LogP contribution in [0.3, 0.4) is 0 Å². The van der Waals surface area contributed by atoms with Gasteiger partial charge in [0.2, 0.25) is 5.78 Å². The lowest BCUT2D eigenvalue weighted by Gasteiger charge is -2.12. The second-order valence-corrected chi connectivity index (χ2v) is 6.10. The van der Waals surface area contributed by atoms with E-state index in [0.717, 1.165) is 5.69 Å². The van der Waals surface area contributed by atoms with Crippen molar-refractivity contribution in [3.63, 3.8) is 0 Å². The highest BCUT2D eigenvalue weighted by Crippen LogP contribution is 2.21. The van der Waals surface area contributed by atoms with E-state index in [1.807, 2.05) is 6.92 Å². The number of carbonyl (C=O) groups excluding carboxylic acids is 3. The van der Waals surface area contributed by atoms with Gasteiger partial charge in [-0.1, -0.05) is 6.07 Å². The molecule has 2 aromatic heterocycles. The molecule has 1 unspecified atom stereocenters.